The highest BCUT2D eigenvalue weighted by molar-refractivity contribution is 7.89. The van der Waals surface area contributed by atoms with Crippen molar-refractivity contribution in [2.24, 2.45) is 5.73 Å². The van der Waals surface area contributed by atoms with Crippen molar-refractivity contribution >= 4 is 26.8 Å². The van der Waals surface area contributed by atoms with E-state index in [-0.39, 0.29) is 36.9 Å². The number of aryl methyl sites for hydroxylation is 1. The van der Waals surface area contributed by atoms with Crippen LogP contribution in [0.5, 0.6) is 5.75 Å². The molecule has 9 heteroatoms. The third kappa shape index (κ3) is 3.91. The fourth-order valence-corrected chi connectivity index (χ4v) is 5.36. The van der Waals surface area contributed by atoms with Gasteiger partial charge in [-0.3, -0.25) is 4.79 Å². The first kappa shape index (κ1) is 20.4. The van der Waals surface area contributed by atoms with Crippen molar-refractivity contribution in [2.75, 3.05) is 26.3 Å². The summed E-state index contributed by atoms with van der Waals surface area (Å²) in [5.74, 6) is -0.135. The molecule has 1 aliphatic heterocycles. The molecule has 1 aliphatic rings. The van der Waals surface area contributed by atoms with Crippen LogP contribution in [0.4, 0.5) is 0 Å². The molecule has 0 saturated carbocycles. The van der Waals surface area contributed by atoms with E-state index in [2.05, 4.69) is 4.98 Å². The Kier molecular flexibility index (Phi) is 5.50. The van der Waals surface area contributed by atoms with E-state index in [1.165, 1.54) is 4.31 Å². The van der Waals surface area contributed by atoms with Crippen LogP contribution in [0.25, 0.3) is 10.9 Å². The predicted octanol–water partition coefficient (Wildman–Crippen LogP) is 2.04. The zero-order valence-electron chi connectivity index (χ0n) is 16.5. The first-order chi connectivity index (χ1) is 14.4. The van der Waals surface area contributed by atoms with E-state index in [0.29, 0.717) is 16.7 Å². The van der Waals surface area contributed by atoms with E-state index in [1.54, 1.807) is 12.1 Å². The molecule has 1 saturated heterocycles. The smallest absolute Gasteiger partial charge is 0.266 e. The lowest BCUT2D eigenvalue weighted by Crippen LogP contribution is -2.47. The number of para-hydroxylation sites is 1. The van der Waals surface area contributed by atoms with Crippen molar-refractivity contribution in [3.63, 3.8) is 0 Å². The standard InChI is InChI=1S/C21H23N3O5S/c1-14-7-8-18-17(11-14)20(19(23-18)21(22)25)30(26,27)24-9-10-28-16(12-24)13-29-15-5-3-2-4-6-15/h2-8,11,16,23H,9-10,12-13H2,1H3,(H2,22,25)/t16-/m1/s1. The van der Waals surface area contributed by atoms with Crippen LogP contribution in [0, 0.1) is 6.92 Å². The Morgan fingerprint density at radius 1 is 1.27 bits per heavy atom. The maximum atomic E-state index is 13.5. The van der Waals surface area contributed by atoms with Gasteiger partial charge in [0, 0.05) is 24.0 Å². The SMILES string of the molecule is Cc1ccc2[nH]c(C(N)=O)c(S(=O)(=O)N3CCO[C@@H](COc4ccccc4)C3)c2c1. The summed E-state index contributed by atoms with van der Waals surface area (Å²) in [5.41, 5.74) is 6.80. The number of aromatic nitrogens is 1. The molecule has 4 rings (SSSR count). The van der Waals surface area contributed by atoms with Crippen LogP contribution < -0.4 is 10.5 Å². The van der Waals surface area contributed by atoms with E-state index < -0.39 is 22.0 Å². The number of nitrogens with two attached hydrogens (primary N) is 1. The number of nitrogens with zero attached hydrogens (tertiary/aromatic N) is 1. The minimum Gasteiger partial charge on any atom is -0.491 e. The van der Waals surface area contributed by atoms with Gasteiger partial charge in [0.25, 0.3) is 5.91 Å². The van der Waals surface area contributed by atoms with Crippen LogP contribution in [-0.2, 0) is 14.8 Å². The minimum absolute atomic E-state index is 0.0849. The molecule has 0 unspecified atom stereocenters. The Bertz CT molecular complexity index is 1170. The summed E-state index contributed by atoms with van der Waals surface area (Å²) in [4.78, 5) is 14.8. The minimum atomic E-state index is -3.99. The maximum absolute atomic E-state index is 13.5. The second-order valence-corrected chi connectivity index (χ2v) is 9.10. The Morgan fingerprint density at radius 2 is 2.03 bits per heavy atom. The van der Waals surface area contributed by atoms with Crippen molar-refractivity contribution < 1.29 is 22.7 Å². The largest absolute Gasteiger partial charge is 0.491 e. The number of sulfonamides is 1. The number of morpholine rings is 1. The van der Waals surface area contributed by atoms with E-state index in [1.807, 2.05) is 43.3 Å². The van der Waals surface area contributed by atoms with Gasteiger partial charge in [-0.2, -0.15) is 4.31 Å². The molecule has 2 aromatic carbocycles. The van der Waals surface area contributed by atoms with Gasteiger partial charge in [0.1, 0.15) is 29.0 Å². The van der Waals surface area contributed by atoms with E-state index in [9.17, 15) is 13.2 Å². The molecule has 158 valence electrons. The average Bonchev–Trinajstić information content (AvgIpc) is 3.13. The number of hydrogen-bond acceptors (Lipinski definition) is 5. The highest BCUT2D eigenvalue weighted by atomic mass is 32.2. The molecule has 0 aliphatic carbocycles. The molecule has 1 atom stereocenters. The van der Waals surface area contributed by atoms with E-state index in [4.69, 9.17) is 15.2 Å². The fourth-order valence-electron chi connectivity index (χ4n) is 3.57. The van der Waals surface area contributed by atoms with Gasteiger partial charge in [-0.05, 0) is 31.2 Å². The second kappa shape index (κ2) is 8.10. The first-order valence-corrected chi connectivity index (χ1v) is 11.0. The molecule has 1 amide bonds. The van der Waals surface area contributed by atoms with Crippen molar-refractivity contribution in [1.82, 2.24) is 9.29 Å². The van der Waals surface area contributed by atoms with Gasteiger partial charge < -0.3 is 20.2 Å². The lowest BCUT2D eigenvalue weighted by Gasteiger charge is -2.32. The second-order valence-electron chi connectivity index (χ2n) is 7.22. The van der Waals surface area contributed by atoms with Crippen molar-refractivity contribution in [1.29, 1.82) is 0 Å². The number of rotatable bonds is 6. The molecule has 1 fully saturated rings. The molecule has 2 heterocycles. The molecule has 1 aromatic heterocycles. The highest BCUT2D eigenvalue weighted by Gasteiger charge is 2.36. The number of aromatic amines is 1. The number of hydrogen-bond donors (Lipinski definition) is 2. The normalized spacial score (nSPS) is 17.8. The molecule has 0 radical (unpaired) electrons. The Balaban J connectivity index is 1.62. The molecule has 0 bridgehead atoms. The number of fused-ring (bicyclic) bond motifs is 1. The number of benzene rings is 2. The summed E-state index contributed by atoms with van der Waals surface area (Å²) in [6.45, 7) is 2.60. The molecule has 3 N–H and O–H groups in total. The van der Waals surface area contributed by atoms with Gasteiger partial charge in [-0.1, -0.05) is 29.8 Å². The van der Waals surface area contributed by atoms with Gasteiger partial charge >= 0.3 is 0 Å². The first-order valence-electron chi connectivity index (χ1n) is 9.58. The summed E-state index contributed by atoms with van der Waals surface area (Å²) in [7, 11) is -3.99. The summed E-state index contributed by atoms with van der Waals surface area (Å²) in [6.07, 6.45) is -0.433. The Hall–Kier alpha value is -2.88. The van der Waals surface area contributed by atoms with Crippen LogP contribution in [0.2, 0.25) is 0 Å². The summed E-state index contributed by atoms with van der Waals surface area (Å²) in [6, 6.07) is 14.6. The van der Waals surface area contributed by atoms with Crippen molar-refractivity contribution in [2.45, 2.75) is 17.9 Å². The number of H-pyrrole nitrogens is 1. The zero-order chi connectivity index (χ0) is 21.3. The van der Waals surface area contributed by atoms with E-state index in [0.717, 1.165) is 5.56 Å². The Morgan fingerprint density at radius 3 is 2.77 bits per heavy atom. The average molecular weight is 429 g/mol. The fraction of sp³-hybridized carbons (Fsp3) is 0.286. The lowest BCUT2D eigenvalue weighted by molar-refractivity contribution is -0.0249. The van der Waals surface area contributed by atoms with Crippen molar-refractivity contribution in [3.05, 3.63) is 59.8 Å². The number of nitrogens with one attached hydrogen (secondary N) is 1. The number of ether oxygens (including phenoxy) is 2. The molecule has 8 nitrogen and oxygen atoms in total. The quantitative estimate of drug-likeness (QED) is 0.622. The van der Waals surface area contributed by atoms with Crippen LogP contribution in [0.1, 0.15) is 16.1 Å². The van der Waals surface area contributed by atoms with Gasteiger partial charge in [-0.25, -0.2) is 8.42 Å². The third-order valence-electron chi connectivity index (χ3n) is 5.03. The predicted molar refractivity (Wildman–Crippen MR) is 112 cm³/mol. The molecular weight excluding hydrogens is 406 g/mol. The number of primary amides is 1. The van der Waals surface area contributed by atoms with Crippen molar-refractivity contribution in [3.8, 4) is 5.75 Å². The highest BCUT2D eigenvalue weighted by Crippen LogP contribution is 2.31. The molecule has 0 spiro atoms. The topological polar surface area (TPSA) is 115 Å². The van der Waals surface area contributed by atoms with Crippen LogP contribution in [0.15, 0.2) is 53.4 Å². The van der Waals surface area contributed by atoms with Crippen LogP contribution in [-0.4, -0.2) is 56.0 Å². The van der Waals surface area contributed by atoms with Gasteiger partial charge in [0.2, 0.25) is 10.0 Å². The maximum Gasteiger partial charge on any atom is 0.266 e. The van der Waals surface area contributed by atoms with E-state index >= 15 is 0 Å². The number of carbonyl (C=O) groups excluding carboxylic acids is 1. The number of carbonyl (C=O) groups is 1. The number of amides is 1. The van der Waals surface area contributed by atoms with Gasteiger partial charge in [0.05, 0.1) is 6.61 Å². The van der Waals surface area contributed by atoms with Crippen LogP contribution >= 0.6 is 0 Å². The van der Waals surface area contributed by atoms with Gasteiger partial charge in [-0.15, -0.1) is 0 Å². The molecule has 3 aromatic rings. The summed E-state index contributed by atoms with van der Waals surface area (Å²) < 4.78 is 39.8. The Labute approximate surface area is 174 Å². The molecule has 30 heavy (non-hydrogen) atoms. The lowest BCUT2D eigenvalue weighted by atomic mass is 10.2. The summed E-state index contributed by atoms with van der Waals surface area (Å²) in [5, 5.41) is 0.451. The monoisotopic (exact) mass is 429 g/mol. The third-order valence-corrected chi connectivity index (χ3v) is 6.98. The summed E-state index contributed by atoms with van der Waals surface area (Å²) >= 11 is 0. The zero-order valence-corrected chi connectivity index (χ0v) is 17.3. The molecular formula is C21H23N3O5S. The van der Waals surface area contributed by atoms with Gasteiger partial charge in [0.15, 0.2) is 0 Å². The van der Waals surface area contributed by atoms with Crippen LogP contribution in [0.3, 0.4) is 0 Å².